The molecule has 0 spiro atoms. The first-order valence-electron chi connectivity index (χ1n) is 11.3. The van der Waals surface area contributed by atoms with E-state index in [4.69, 9.17) is 13.9 Å². The highest BCUT2D eigenvalue weighted by atomic mass is 16.5. The lowest BCUT2D eigenvalue weighted by Crippen LogP contribution is -2.17. The van der Waals surface area contributed by atoms with Gasteiger partial charge in [-0.15, -0.1) is 0 Å². The third kappa shape index (κ3) is 3.50. The van der Waals surface area contributed by atoms with Crippen LogP contribution < -0.4 is 15.1 Å². The van der Waals surface area contributed by atoms with Gasteiger partial charge in [-0.05, 0) is 81.0 Å². The van der Waals surface area contributed by atoms with Gasteiger partial charge in [-0.1, -0.05) is 0 Å². The van der Waals surface area contributed by atoms with Crippen LogP contribution in [0.3, 0.4) is 0 Å². The summed E-state index contributed by atoms with van der Waals surface area (Å²) in [4.78, 5) is 25.9. The molecule has 0 aliphatic heterocycles. The molecule has 1 aliphatic carbocycles. The van der Waals surface area contributed by atoms with Crippen LogP contribution in [0, 0.1) is 13.8 Å². The van der Waals surface area contributed by atoms with Crippen LogP contribution in [-0.4, -0.2) is 24.1 Å². The van der Waals surface area contributed by atoms with Crippen molar-refractivity contribution in [3.8, 4) is 11.5 Å². The fourth-order valence-corrected chi connectivity index (χ4v) is 5.03. The second kappa shape index (κ2) is 8.10. The lowest BCUT2D eigenvalue weighted by Gasteiger charge is -2.18. The number of ketones is 1. The molecule has 0 amide bonds. The summed E-state index contributed by atoms with van der Waals surface area (Å²) >= 11 is 0. The van der Waals surface area contributed by atoms with Crippen molar-refractivity contribution in [1.29, 1.82) is 0 Å². The van der Waals surface area contributed by atoms with E-state index in [1.54, 1.807) is 7.11 Å². The molecule has 5 rings (SSSR count). The van der Waals surface area contributed by atoms with Crippen LogP contribution in [0.5, 0.6) is 11.5 Å². The molecule has 0 unspecified atom stereocenters. The molecule has 33 heavy (non-hydrogen) atoms. The summed E-state index contributed by atoms with van der Waals surface area (Å²) in [5, 5.41) is 1.67. The zero-order valence-electron chi connectivity index (χ0n) is 19.4. The maximum absolute atomic E-state index is 13.4. The van der Waals surface area contributed by atoms with Gasteiger partial charge in [-0.25, -0.2) is 4.79 Å². The number of Topliss-reactive ketones (excluding diaryl/α,β-unsaturated/α-hetero) is 1. The molecule has 2 heterocycles. The lowest BCUT2D eigenvalue weighted by atomic mass is 9.90. The fourth-order valence-electron chi connectivity index (χ4n) is 5.03. The molecule has 6 heteroatoms. The molecule has 0 radical (unpaired) electrons. The van der Waals surface area contributed by atoms with Crippen LogP contribution in [0.15, 0.2) is 39.5 Å². The Bertz CT molecular complexity index is 1470. The van der Waals surface area contributed by atoms with Crippen molar-refractivity contribution in [3.05, 3.63) is 68.7 Å². The van der Waals surface area contributed by atoms with Gasteiger partial charge in [-0.2, -0.15) is 0 Å². The molecule has 2 aromatic heterocycles. The SMILES string of the molecule is COc1ccc2c(c1)c(C(=O)COc1cc(C)cc3oc(=O)c4c(c13)CCCC4)c(C)n2C. The van der Waals surface area contributed by atoms with Gasteiger partial charge < -0.3 is 18.5 Å². The van der Waals surface area contributed by atoms with Gasteiger partial charge in [-0.3, -0.25) is 4.79 Å². The molecule has 0 atom stereocenters. The number of carbonyl (C=O) groups excluding carboxylic acids is 1. The first-order valence-corrected chi connectivity index (χ1v) is 11.3. The Morgan fingerprint density at radius 1 is 1.09 bits per heavy atom. The number of aromatic nitrogens is 1. The molecule has 0 saturated carbocycles. The zero-order valence-corrected chi connectivity index (χ0v) is 19.4. The first kappa shape index (κ1) is 21.3. The van der Waals surface area contributed by atoms with Crippen molar-refractivity contribution in [3.63, 3.8) is 0 Å². The molecule has 6 nitrogen and oxygen atoms in total. The third-order valence-corrected chi connectivity index (χ3v) is 6.77. The van der Waals surface area contributed by atoms with E-state index in [0.717, 1.165) is 64.4 Å². The number of hydrogen-bond donors (Lipinski definition) is 0. The Hall–Kier alpha value is -3.54. The van der Waals surface area contributed by atoms with Crippen LogP contribution >= 0.6 is 0 Å². The molecule has 0 fully saturated rings. The summed E-state index contributed by atoms with van der Waals surface area (Å²) in [7, 11) is 3.56. The standard InChI is InChI=1S/C27H27NO5/c1-15-11-23(26-18-7-5-6-8-19(18)27(30)33-24(26)12-15)32-14-22(29)25-16(2)28(3)21-10-9-17(31-4)13-20(21)25/h9-13H,5-8,14H2,1-4H3. The van der Waals surface area contributed by atoms with E-state index in [0.29, 0.717) is 22.6 Å². The Balaban J connectivity index is 1.55. The number of rotatable bonds is 5. The number of carbonyl (C=O) groups is 1. The van der Waals surface area contributed by atoms with Gasteiger partial charge in [0.2, 0.25) is 5.78 Å². The molecular formula is C27H27NO5. The van der Waals surface area contributed by atoms with E-state index in [1.807, 2.05) is 55.8 Å². The van der Waals surface area contributed by atoms with Gasteiger partial charge in [0.1, 0.15) is 17.1 Å². The van der Waals surface area contributed by atoms with Crippen LogP contribution in [0.1, 0.15) is 45.6 Å². The van der Waals surface area contributed by atoms with E-state index in [-0.39, 0.29) is 18.0 Å². The molecule has 4 aromatic rings. The molecule has 170 valence electrons. The van der Waals surface area contributed by atoms with Gasteiger partial charge in [0.05, 0.1) is 12.5 Å². The van der Waals surface area contributed by atoms with E-state index in [9.17, 15) is 9.59 Å². The van der Waals surface area contributed by atoms with Gasteiger partial charge in [0, 0.05) is 34.8 Å². The zero-order chi connectivity index (χ0) is 23.3. The summed E-state index contributed by atoms with van der Waals surface area (Å²) in [6, 6.07) is 9.52. The van der Waals surface area contributed by atoms with E-state index < -0.39 is 0 Å². The molecule has 0 N–H and O–H groups in total. The van der Waals surface area contributed by atoms with Crippen molar-refractivity contribution in [1.82, 2.24) is 4.57 Å². The molecular weight excluding hydrogens is 418 g/mol. The number of ether oxygens (including phenoxy) is 2. The lowest BCUT2D eigenvalue weighted by molar-refractivity contribution is 0.0923. The maximum Gasteiger partial charge on any atom is 0.339 e. The Kier molecular flexibility index (Phi) is 5.23. The number of benzene rings is 2. The molecule has 0 saturated heterocycles. The largest absolute Gasteiger partial charge is 0.497 e. The highest BCUT2D eigenvalue weighted by molar-refractivity contribution is 6.10. The predicted octanol–water partition coefficient (Wildman–Crippen LogP) is 5.05. The second-order valence-corrected chi connectivity index (χ2v) is 8.80. The smallest absolute Gasteiger partial charge is 0.339 e. The van der Waals surface area contributed by atoms with Crippen LogP contribution in [0.4, 0.5) is 0 Å². The number of aryl methyl sites for hydroxylation is 3. The minimum atomic E-state index is -0.259. The van der Waals surface area contributed by atoms with E-state index in [1.165, 1.54) is 0 Å². The van der Waals surface area contributed by atoms with Crippen molar-refractivity contribution in [2.75, 3.05) is 13.7 Å². The number of fused-ring (bicyclic) bond motifs is 4. The maximum atomic E-state index is 13.4. The van der Waals surface area contributed by atoms with Crippen molar-refractivity contribution < 1.29 is 18.7 Å². The van der Waals surface area contributed by atoms with Crippen molar-refractivity contribution >= 4 is 27.7 Å². The average Bonchev–Trinajstić information content (AvgIpc) is 3.06. The monoisotopic (exact) mass is 445 g/mol. The highest BCUT2D eigenvalue weighted by Crippen LogP contribution is 2.35. The summed E-state index contributed by atoms with van der Waals surface area (Å²) in [6.07, 6.45) is 3.53. The second-order valence-electron chi connectivity index (χ2n) is 8.80. The normalized spacial score (nSPS) is 13.3. The highest BCUT2D eigenvalue weighted by Gasteiger charge is 2.23. The first-order chi connectivity index (χ1) is 15.9. The minimum Gasteiger partial charge on any atom is -0.497 e. The average molecular weight is 446 g/mol. The van der Waals surface area contributed by atoms with Gasteiger partial charge in [0.15, 0.2) is 6.61 Å². The Morgan fingerprint density at radius 2 is 1.85 bits per heavy atom. The Morgan fingerprint density at radius 3 is 2.61 bits per heavy atom. The molecule has 0 bridgehead atoms. The van der Waals surface area contributed by atoms with Crippen LogP contribution in [0.25, 0.3) is 21.9 Å². The molecule has 1 aliphatic rings. The summed E-state index contributed by atoms with van der Waals surface area (Å²) in [5.41, 5.74) is 5.40. The van der Waals surface area contributed by atoms with Crippen molar-refractivity contribution in [2.24, 2.45) is 7.05 Å². The number of hydrogen-bond acceptors (Lipinski definition) is 5. The fraction of sp³-hybridized carbons (Fsp3) is 0.333. The Labute approximate surface area is 191 Å². The summed E-state index contributed by atoms with van der Waals surface area (Å²) in [5.74, 6) is 1.19. The van der Waals surface area contributed by atoms with Gasteiger partial charge in [0.25, 0.3) is 0 Å². The quantitative estimate of drug-likeness (QED) is 0.318. The predicted molar refractivity (Wildman–Crippen MR) is 128 cm³/mol. The van der Waals surface area contributed by atoms with Crippen LogP contribution in [0.2, 0.25) is 0 Å². The van der Waals surface area contributed by atoms with E-state index in [2.05, 4.69) is 0 Å². The van der Waals surface area contributed by atoms with Gasteiger partial charge >= 0.3 is 5.63 Å². The van der Waals surface area contributed by atoms with E-state index >= 15 is 0 Å². The summed E-state index contributed by atoms with van der Waals surface area (Å²) in [6.45, 7) is 3.76. The number of methoxy groups -OCH3 is 1. The topological polar surface area (TPSA) is 70.7 Å². The van der Waals surface area contributed by atoms with Crippen molar-refractivity contribution in [2.45, 2.75) is 39.5 Å². The molecule has 2 aromatic carbocycles. The van der Waals surface area contributed by atoms with Crippen LogP contribution in [-0.2, 0) is 19.9 Å². The summed E-state index contributed by atoms with van der Waals surface area (Å²) < 4.78 is 19.2. The third-order valence-electron chi connectivity index (χ3n) is 6.77. The minimum absolute atomic E-state index is 0.104. The number of nitrogens with zero attached hydrogens (tertiary/aromatic N) is 1.